The zero-order valence-electron chi connectivity index (χ0n) is 8.57. The Balaban J connectivity index is 1.94. The second-order valence-electron chi connectivity index (χ2n) is 3.83. The zero-order valence-corrected chi connectivity index (χ0v) is 9.39. The molecule has 1 aromatic heterocycles. The van der Waals surface area contributed by atoms with Crippen molar-refractivity contribution in [3.05, 3.63) is 16.6 Å². The Morgan fingerprint density at radius 3 is 3.36 bits per heavy atom. The summed E-state index contributed by atoms with van der Waals surface area (Å²) in [5.74, 6) is 0. The van der Waals surface area contributed by atoms with Crippen molar-refractivity contribution in [2.75, 3.05) is 19.6 Å². The van der Waals surface area contributed by atoms with Gasteiger partial charge in [-0.05, 0) is 19.9 Å². The highest BCUT2D eigenvalue weighted by Gasteiger charge is 2.16. The number of hydrogen-bond donors (Lipinski definition) is 1. The fourth-order valence-corrected chi connectivity index (χ4v) is 2.44. The summed E-state index contributed by atoms with van der Waals surface area (Å²) >= 11 is 1.75. The van der Waals surface area contributed by atoms with E-state index in [0.717, 1.165) is 26.2 Å². The standard InChI is InChI=1S/C10H17N3S/c1-9-2-3-11-4-5-13(9)7-10-6-12-8-14-10/h6,8-9,11H,2-5,7H2,1H3. The molecule has 2 rings (SSSR count). The van der Waals surface area contributed by atoms with Crippen molar-refractivity contribution in [3.8, 4) is 0 Å². The van der Waals surface area contributed by atoms with Crippen LogP contribution in [0, 0.1) is 0 Å². The van der Waals surface area contributed by atoms with Crippen LogP contribution >= 0.6 is 11.3 Å². The summed E-state index contributed by atoms with van der Waals surface area (Å²) in [6.07, 6.45) is 3.23. The first kappa shape index (κ1) is 10.1. The molecule has 0 radical (unpaired) electrons. The molecule has 0 amide bonds. The van der Waals surface area contributed by atoms with Crippen LogP contribution in [0.1, 0.15) is 18.2 Å². The zero-order chi connectivity index (χ0) is 9.80. The summed E-state index contributed by atoms with van der Waals surface area (Å²) < 4.78 is 0. The van der Waals surface area contributed by atoms with Gasteiger partial charge in [0.2, 0.25) is 0 Å². The van der Waals surface area contributed by atoms with E-state index in [4.69, 9.17) is 0 Å². The van der Waals surface area contributed by atoms with Gasteiger partial charge in [0.05, 0.1) is 5.51 Å². The smallest absolute Gasteiger partial charge is 0.0794 e. The van der Waals surface area contributed by atoms with Crippen molar-refractivity contribution < 1.29 is 0 Å². The van der Waals surface area contributed by atoms with Gasteiger partial charge in [0.25, 0.3) is 0 Å². The fourth-order valence-electron chi connectivity index (χ4n) is 1.82. The monoisotopic (exact) mass is 211 g/mol. The third-order valence-corrected chi connectivity index (χ3v) is 3.54. The predicted octanol–water partition coefficient (Wildman–Crippen LogP) is 1.33. The van der Waals surface area contributed by atoms with E-state index in [1.165, 1.54) is 11.3 Å². The van der Waals surface area contributed by atoms with Crippen molar-refractivity contribution in [2.24, 2.45) is 0 Å². The first-order valence-corrected chi connectivity index (χ1v) is 6.06. The lowest BCUT2D eigenvalue weighted by molar-refractivity contribution is 0.213. The van der Waals surface area contributed by atoms with Gasteiger partial charge < -0.3 is 5.32 Å². The van der Waals surface area contributed by atoms with Crippen LogP contribution < -0.4 is 5.32 Å². The summed E-state index contributed by atoms with van der Waals surface area (Å²) in [5.41, 5.74) is 1.91. The average Bonchev–Trinajstić information content (AvgIpc) is 2.60. The number of rotatable bonds is 2. The Bertz CT molecular complexity index is 260. The van der Waals surface area contributed by atoms with Gasteiger partial charge in [-0.1, -0.05) is 0 Å². The quantitative estimate of drug-likeness (QED) is 0.800. The number of thiazole rings is 1. The van der Waals surface area contributed by atoms with Crippen molar-refractivity contribution >= 4 is 11.3 Å². The topological polar surface area (TPSA) is 28.2 Å². The van der Waals surface area contributed by atoms with E-state index in [-0.39, 0.29) is 0 Å². The largest absolute Gasteiger partial charge is 0.315 e. The Kier molecular flexibility index (Phi) is 3.50. The van der Waals surface area contributed by atoms with E-state index in [2.05, 4.69) is 22.1 Å². The molecule has 78 valence electrons. The molecule has 1 aromatic rings. The Hall–Kier alpha value is -0.450. The van der Waals surface area contributed by atoms with Crippen LogP contribution in [-0.2, 0) is 6.54 Å². The molecular formula is C10H17N3S. The van der Waals surface area contributed by atoms with E-state index >= 15 is 0 Å². The first-order valence-electron chi connectivity index (χ1n) is 5.18. The van der Waals surface area contributed by atoms with E-state index in [9.17, 15) is 0 Å². The summed E-state index contributed by atoms with van der Waals surface area (Å²) in [6, 6.07) is 0.687. The summed E-state index contributed by atoms with van der Waals surface area (Å²) in [5, 5.41) is 3.43. The van der Waals surface area contributed by atoms with Crippen molar-refractivity contribution in [1.82, 2.24) is 15.2 Å². The first-order chi connectivity index (χ1) is 6.86. The van der Waals surface area contributed by atoms with Gasteiger partial charge in [0, 0.05) is 36.8 Å². The molecule has 1 aliphatic rings. The third-order valence-electron chi connectivity index (χ3n) is 2.78. The van der Waals surface area contributed by atoms with Gasteiger partial charge in [0.1, 0.15) is 0 Å². The van der Waals surface area contributed by atoms with Gasteiger partial charge in [-0.15, -0.1) is 11.3 Å². The molecule has 14 heavy (non-hydrogen) atoms. The van der Waals surface area contributed by atoms with Gasteiger partial charge in [-0.25, -0.2) is 0 Å². The average molecular weight is 211 g/mol. The lowest BCUT2D eigenvalue weighted by Gasteiger charge is -2.25. The lowest BCUT2D eigenvalue weighted by atomic mass is 10.2. The molecule has 1 atom stereocenters. The molecule has 1 N–H and O–H groups in total. The maximum Gasteiger partial charge on any atom is 0.0794 e. The van der Waals surface area contributed by atoms with Gasteiger partial charge in [-0.3, -0.25) is 9.88 Å². The molecule has 0 aromatic carbocycles. The molecule has 1 unspecified atom stereocenters. The highest BCUT2D eigenvalue weighted by atomic mass is 32.1. The predicted molar refractivity (Wildman–Crippen MR) is 59.5 cm³/mol. The molecule has 1 aliphatic heterocycles. The Morgan fingerprint density at radius 2 is 2.57 bits per heavy atom. The highest BCUT2D eigenvalue weighted by molar-refractivity contribution is 7.09. The van der Waals surface area contributed by atoms with Crippen LogP contribution in [0.25, 0.3) is 0 Å². The summed E-state index contributed by atoms with van der Waals surface area (Å²) in [6.45, 7) is 6.80. The highest BCUT2D eigenvalue weighted by Crippen LogP contribution is 2.14. The second-order valence-corrected chi connectivity index (χ2v) is 4.80. The fraction of sp³-hybridized carbons (Fsp3) is 0.700. The summed E-state index contributed by atoms with van der Waals surface area (Å²) in [7, 11) is 0. The number of aromatic nitrogens is 1. The van der Waals surface area contributed by atoms with Crippen molar-refractivity contribution in [3.63, 3.8) is 0 Å². The van der Waals surface area contributed by atoms with Crippen LogP contribution in [0.2, 0.25) is 0 Å². The second kappa shape index (κ2) is 4.87. The van der Waals surface area contributed by atoms with E-state index < -0.39 is 0 Å². The van der Waals surface area contributed by atoms with Crippen LogP contribution in [-0.4, -0.2) is 35.6 Å². The number of hydrogen-bond acceptors (Lipinski definition) is 4. The molecule has 0 spiro atoms. The Morgan fingerprint density at radius 1 is 1.64 bits per heavy atom. The van der Waals surface area contributed by atoms with Crippen LogP contribution in [0.15, 0.2) is 11.7 Å². The number of nitrogens with one attached hydrogen (secondary N) is 1. The van der Waals surface area contributed by atoms with Gasteiger partial charge in [-0.2, -0.15) is 0 Å². The van der Waals surface area contributed by atoms with Crippen LogP contribution in [0.3, 0.4) is 0 Å². The normalized spacial score (nSPS) is 24.8. The van der Waals surface area contributed by atoms with E-state index in [1.807, 2.05) is 11.7 Å². The number of nitrogens with zero attached hydrogens (tertiary/aromatic N) is 2. The molecule has 0 aliphatic carbocycles. The minimum absolute atomic E-state index is 0.687. The maximum atomic E-state index is 4.11. The van der Waals surface area contributed by atoms with Crippen LogP contribution in [0.5, 0.6) is 0 Å². The van der Waals surface area contributed by atoms with Crippen molar-refractivity contribution in [1.29, 1.82) is 0 Å². The van der Waals surface area contributed by atoms with E-state index in [1.54, 1.807) is 11.3 Å². The molecule has 0 saturated carbocycles. The van der Waals surface area contributed by atoms with Crippen molar-refractivity contribution in [2.45, 2.75) is 25.9 Å². The lowest BCUT2D eigenvalue weighted by Crippen LogP contribution is -2.33. The summed E-state index contributed by atoms with van der Waals surface area (Å²) in [4.78, 5) is 8.02. The minimum Gasteiger partial charge on any atom is -0.315 e. The SMILES string of the molecule is CC1CCNCCN1Cc1cncs1. The molecule has 1 fully saturated rings. The molecule has 2 heterocycles. The molecule has 3 nitrogen and oxygen atoms in total. The Labute approximate surface area is 89.1 Å². The maximum absolute atomic E-state index is 4.11. The minimum atomic E-state index is 0.687. The third kappa shape index (κ3) is 2.53. The molecule has 0 bridgehead atoms. The molecule has 1 saturated heterocycles. The van der Waals surface area contributed by atoms with E-state index in [0.29, 0.717) is 6.04 Å². The molecular weight excluding hydrogens is 194 g/mol. The van der Waals surface area contributed by atoms with Crippen LogP contribution in [0.4, 0.5) is 0 Å². The molecule has 4 heteroatoms. The van der Waals surface area contributed by atoms with Gasteiger partial charge in [0.15, 0.2) is 0 Å². The van der Waals surface area contributed by atoms with Gasteiger partial charge >= 0.3 is 0 Å².